The Morgan fingerprint density at radius 1 is 0.724 bits per heavy atom. The van der Waals surface area contributed by atoms with E-state index in [1.54, 1.807) is 15.9 Å². The molecule has 2 aromatic carbocycles. The van der Waals surface area contributed by atoms with E-state index in [2.05, 4.69) is 0 Å². The van der Waals surface area contributed by atoms with E-state index in [-0.39, 0.29) is 25.0 Å². The molecule has 0 unspecified atom stereocenters. The minimum atomic E-state index is -0.107. The molecule has 1 aliphatic rings. The molecule has 29 heavy (non-hydrogen) atoms. The molecule has 0 atom stereocenters. The zero-order valence-electron chi connectivity index (χ0n) is 16.6. The van der Waals surface area contributed by atoms with Gasteiger partial charge in [-0.1, -0.05) is 30.3 Å². The van der Waals surface area contributed by atoms with E-state index in [1.807, 2.05) is 55.5 Å². The first-order valence-corrected chi connectivity index (χ1v) is 9.75. The first-order chi connectivity index (χ1) is 14.2. The van der Waals surface area contributed by atoms with E-state index in [9.17, 15) is 9.59 Å². The fraction of sp³-hybridized carbons (Fsp3) is 0.364. The Labute approximate surface area is 170 Å². The van der Waals surface area contributed by atoms with E-state index in [0.717, 1.165) is 0 Å². The highest BCUT2D eigenvalue weighted by molar-refractivity contribution is 5.80. The van der Waals surface area contributed by atoms with Crippen molar-refractivity contribution in [2.75, 3.05) is 46.0 Å². The monoisotopic (exact) mass is 398 g/mol. The zero-order valence-corrected chi connectivity index (χ0v) is 16.6. The number of nitrogens with zero attached hydrogens (tertiary/aromatic N) is 2. The molecular weight excluding hydrogens is 372 g/mol. The summed E-state index contributed by atoms with van der Waals surface area (Å²) in [6.07, 6.45) is 0. The van der Waals surface area contributed by atoms with Gasteiger partial charge in [0.25, 0.3) is 11.8 Å². The van der Waals surface area contributed by atoms with Crippen LogP contribution in [0.5, 0.6) is 17.2 Å². The van der Waals surface area contributed by atoms with Crippen LogP contribution >= 0.6 is 0 Å². The molecule has 1 saturated heterocycles. The third-order valence-electron chi connectivity index (χ3n) is 4.59. The van der Waals surface area contributed by atoms with Crippen molar-refractivity contribution >= 4 is 11.8 Å². The number of carbonyl (C=O) groups excluding carboxylic acids is 2. The molecule has 0 aliphatic carbocycles. The third kappa shape index (κ3) is 5.88. The average molecular weight is 398 g/mol. The molecular formula is C22H26N2O5. The number of amides is 2. The molecule has 7 nitrogen and oxygen atoms in total. The van der Waals surface area contributed by atoms with E-state index in [0.29, 0.717) is 50.0 Å². The van der Waals surface area contributed by atoms with Crippen molar-refractivity contribution in [3.63, 3.8) is 0 Å². The van der Waals surface area contributed by atoms with Crippen molar-refractivity contribution in [2.45, 2.75) is 6.92 Å². The summed E-state index contributed by atoms with van der Waals surface area (Å²) in [7, 11) is 0. The maximum absolute atomic E-state index is 12.5. The summed E-state index contributed by atoms with van der Waals surface area (Å²) in [5, 5.41) is 0. The van der Waals surface area contributed by atoms with Crippen LogP contribution in [0.25, 0.3) is 0 Å². The van der Waals surface area contributed by atoms with Crippen molar-refractivity contribution in [3.8, 4) is 17.2 Å². The van der Waals surface area contributed by atoms with Crippen molar-refractivity contribution in [1.82, 2.24) is 9.80 Å². The van der Waals surface area contributed by atoms with Gasteiger partial charge in [-0.3, -0.25) is 9.59 Å². The van der Waals surface area contributed by atoms with Crippen molar-refractivity contribution in [3.05, 3.63) is 54.6 Å². The van der Waals surface area contributed by atoms with E-state index < -0.39 is 0 Å². The van der Waals surface area contributed by atoms with Crippen LogP contribution in [-0.4, -0.2) is 67.6 Å². The lowest BCUT2D eigenvalue weighted by molar-refractivity contribution is -0.141. The third-order valence-corrected chi connectivity index (χ3v) is 4.59. The fourth-order valence-electron chi connectivity index (χ4n) is 3.03. The van der Waals surface area contributed by atoms with Gasteiger partial charge in [0.2, 0.25) is 0 Å². The van der Waals surface area contributed by atoms with Crippen LogP contribution in [0.1, 0.15) is 6.92 Å². The minimum Gasteiger partial charge on any atom is -0.490 e. The predicted octanol–water partition coefficient (Wildman–Crippen LogP) is 2.21. The molecule has 0 saturated carbocycles. The second kappa shape index (κ2) is 10.4. The fourth-order valence-corrected chi connectivity index (χ4v) is 3.03. The number of benzene rings is 2. The van der Waals surface area contributed by atoms with Crippen molar-refractivity contribution in [1.29, 1.82) is 0 Å². The van der Waals surface area contributed by atoms with Gasteiger partial charge in [-0.15, -0.1) is 0 Å². The molecule has 0 bridgehead atoms. The molecule has 0 spiro atoms. The summed E-state index contributed by atoms with van der Waals surface area (Å²) in [6, 6.07) is 16.5. The SMILES string of the molecule is CCOc1ccccc1OCC(=O)N1CCN(C(=O)COc2ccccc2)CC1. The molecule has 1 fully saturated rings. The van der Waals surface area contributed by atoms with Gasteiger partial charge < -0.3 is 24.0 Å². The highest BCUT2D eigenvalue weighted by Crippen LogP contribution is 2.26. The number of hydrogen-bond donors (Lipinski definition) is 0. The molecule has 3 rings (SSSR count). The average Bonchev–Trinajstić information content (AvgIpc) is 2.77. The van der Waals surface area contributed by atoms with Gasteiger partial charge in [0.05, 0.1) is 6.61 Å². The maximum Gasteiger partial charge on any atom is 0.260 e. The normalized spacial score (nSPS) is 13.7. The quantitative estimate of drug-likeness (QED) is 0.682. The Morgan fingerprint density at radius 3 is 1.76 bits per heavy atom. The molecule has 0 aromatic heterocycles. The second-order valence-corrected chi connectivity index (χ2v) is 6.53. The van der Waals surface area contributed by atoms with Gasteiger partial charge in [0, 0.05) is 26.2 Å². The largest absolute Gasteiger partial charge is 0.490 e. The predicted molar refractivity (Wildman–Crippen MR) is 108 cm³/mol. The summed E-state index contributed by atoms with van der Waals surface area (Å²) < 4.78 is 16.7. The molecule has 7 heteroatoms. The van der Waals surface area contributed by atoms with Crippen LogP contribution in [0.3, 0.4) is 0 Å². The zero-order chi connectivity index (χ0) is 20.5. The van der Waals surface area contributed by atoms with E-state index in [1.165, 1.54) is 0 Å². The van der Waals surface area contributed by atoms with Crippen LogP contribution < -0.4 is 14.2 Å². The van der Waals surface area contributed by atoms with Crippen LogP contribution in [0.2, 0.25) is 0 Å². The second-order valence-electron chi connectivity index (χ2n) is 6.53. The van der Waals surface area contributed by atoms with E-state index in [4.69, 9.17) is 14.2 Å². The number of ether oxygens (including phenoxy) is 3. The van der Waals surface area contributed by atoms with Crippen molar-refractivity contribution in [2.24, 2.45) is 0 Å². The lowest BCUT2D eigenvalue weighted by Crippen LogP contribution is -2.52. The van der Waals surface area contributed by atoms with Crippen LogP contribution in [-0.2, 0) is 9.59 Å². The Balaban J connectivity index is 1.42. The highest BCUT2D eigenvalue weighted by atomic mass is 16.5. The first kappa shape index (κ1) is 20.5. The molecule has 154 valence electrons. The molecule has 1 heterocycles. The Hall–Kier alpha value is -3.22. The maximum atomic E-state index is 12.5. The minimum absolute atomic E-state index is 0.00468. The van der Waals surface area contributed by atoms with Gasteiger partial charge in [-0.2, -0.15) is 0 Å². The van der Waals surface area contributed by atoms with Gasteiger partial charge >= 0.3 is 0 Å². The topological polar surface area (TPSA) is 68.3 Å². The van der Waals surface area contributed by atoms with Gasteiger partial charge in [-0.05, 0) is 31.2 Å². The summed E-state index contributed by atoms with van der Waals surface area (Å²) in [4.78, 5) is 28.2. The Kier molecular flexibility index (Phi) is 7.33. The van der Waals surface area contributed by atoms with Gasteiger partial charge in [0.1, 0.15) is 5.75 Å². The number of para-hydroxylation sites is 3. The number of carbonyl (C=O) groups is 2. The summed E-state index contributed by atoms with van der Waals surface area (Å²) in [6.45, 7) is 4.28. The summed E-state index contributed by atoms with van der Waals surface area (Å²) >= 11 is 0. The summed E-state index contributed by atoms with van der Waals surface area (Å²) in [5.74, 6) is 1.65. The number of piperazine rings is 1. The molecule has 2 amide bonds. The Morgan fingerprint density at radius 2 is 1.21 bits per heavy atom. The van der Waals surface area contributed by atoms with Gasteiger partial charge in [0.15, 0.2) is 24.7 Å². The lowest BCUT2D eigenvalue weighted by Gasteiger charge is -2.34. The first-order valence-electron chi connectivity index (χ1n) is 9.75. The van der Waals surface area contributed by atoms with Crippen LogP contribution in [0, 0.1) is 0 Å². The number of hydrogen-bond acceptors (Lipinski definition) is 5. The molecule has 0 radical (unpaired) electrons. The van der Waals surface area contributed by atoms with Crippen LogP contribution in [0.15, 0.2) is 54.6 Å². The standard InChI is InChI=1S/C22H26N2O5/c1-2-27-19-10-6-7-11-20(19)29-17-22(26)24-14-12-23(13-15-24)21(25)16-28-18-8-4-3-5-9-18/h3-11H,2,12-17H2,1H3. The van der Waals surface area contributed by atoms with Gasteiger partial charge in [-0.25, -0.2) is 0 Å². The van der Waals surface area contributed by atoms with Crippen molar-refractivity contribution < 1.29 is 23.8 Å². The highest BCUT2D eigenvalue weighted by Gasteiger charge is 2.24. The summed E-state index contributed by atoms with van der Waals surface area (Å²) in [5.41, 5.74) is 0. The molecule has 0 N–H and O–H groups in total. The molecule has 2 aromatic rings. The smallest absolute Gasteiger partial charge is 0.260 e. The lowest BCUT2D eigenvalue weighted by atomic mass is 10.3. The number of rotatable bonds is 8. The van der Waals surface area contributed by atoms with E-state index >= 15 is 0 Å². The Bertz CT molecular complexity index is 804. The molecule has 1 aliphatic heterocycles. The van der Waals surface area contributed by atoms with Crippen LogP contribution in [0.4, 0.5) is 0 Å².